The van der Waals surface area contributed by atoms with Crippen LogP contribution in [-0.2, 0) is 20.0 Å². The van der Waals surface area contributed by atoms with E-state index in [1.807, 2.05) is 12.1 Å². The van der Waals surface area contributed by atoms with Gasteiger partial charge in [0, 0.05) is 12.1 Å². The maximum absolute atomic E-state index is 12.3. The topological polar surface area (TPSA) is 105 Å². The van der Waals surface area contributed by atoms with Crippen LogP contribution in [0.5, 0.6) is 5.75 Å². The van der Waals surface area contributed by atoms with Crippen LogP contribution in [0, 0.1) is 0 Å². The first kappa shape index (κ1) is 21.1. The molecule has 0 saturated heterocycles. The van der Waals surface area contributed by atoms with Crippen LogP contribution in [0.15, 0.2) is 53.6 Å². The Hall–Kier alpha value is -2.59. The van der Waals surface area contributed by atoms with Crippen LogP contribution in [0.3, 0.4) is 0 Å². The number of rotatable bonds is 7. The molecule has 0 aliphatic carbocycles. The second-order valence-corrected chi connectivity index (χ2v) is 10.5. The Balaban J connectivity index is 1.88. The Bertz CT molecular complexity index is 1110. The minimum absolute atomic E-state index is 0.0195. The first-order valence-corrected chi connectivity index (χ1v) is 12.4. The number of ether oxygens (including phenoxy) is 1. The van der Waals surface area contributed by atoms with E-state index in [9.17, 15) is 16.8 Å². The molecule has 10 heteroatoms. The SMILES string of the molecule is CCS(=O)(=O)Nc1ccc(C2=NN(S(C)(=O)=O)[C@@H](c3ccc(OC)cc3)C2)cc1. The van der Waals surface area contributed by atoms with Crippen LogP contribution in [0.1, 0.15) is 30.5 Å². The van der Waals surface area contributed by atoms with Crippen LogP contribution < -0.4 is 9.46 Å². The van der Waals surface area contributed by atoms with Crippen LogP contribution in [-0.4, -0.2) is 46.1 Å². The molecule has 8 nitrogen and oxygen atoms in total. The van der Waals surface area contributed by atoms with E-state index in [0.29, 0.717) is 23.6 Å². The minimum atomic E-state index is -3.57. The summed E-state index contributed by atoms with van der Waals surface area (Å²) in [6.07, 6.45) is 1.53. The van der Waals surface area contributed by atoms with E-state index in [-0.39, 0.29) is 5.75 Å². The van der Waals surface area contributed by atoms with Crippen molar-refractivity contribution in [3.8, 4) is 5.75 Å². The lowest BCUT2D eigenvalue weighted by atomic mass is 9.99. The van der Waals surface area contributed by atoms with Gasteiger partial charge in [0.2, 0.25) is 20.0 Å². The predicted molar refractivity (Wildman–Crippen MR) is 113 cm³/mol. The molecule has 156 valence electrons. The van der Waals surface area contributed by atoms with Crippen molar-refractivity contribution in [3.63, 3.8) is 0 Å². The summed E-state index contributed by atoms with van der Waals surface area (Å²) in [7, 11) is -5.36. The first-order valence-electron chi connectivity index (χ1n) is 8.94. The molecule has 0 amide bonds. The number of nitrogens with zero attached hydrogens (tertiary/aromatic N) is 2. The van der Waals surface area contributed by atoms with Crippen molar-refractivity contribution in [1.82, 2.24) is 4.41 Å². The van der Waals surface area contributed by atoms with Gasteiger partial charge in [-0.1, -0.05) is 24.3 Å². The largest absolute Gasteiger partial charge is 0.497 e. The van der Waals surface area contributed by atoms with Gasteiger partial charge in [-0.3, -0.25) is 4.72 Å². The van der Waals surface area contributed by atoms with E-state index in [2.05, 4.69) is 9.82 Å². The molecule has 1 aliphatic rings. The molecule has 0 unspecified atom stereocenters. The highest BCUT2D eigenvalue weighted by Gasteiger charge is 2.34. The number of nitrogens with one attached hydrogen (secondary N) is 1. The molecule has 2 aromatic carbocycles. The van der Waals surface area contributed by atoms with Gasteiger partial charge in [-0.05, 0) is 42.3 Å². The lowest BCUT2D eigenvalue weighted by molar-refractivity contribution is 0.374. The van der Waals surface area contributed by atoms with Gasteiger partial charge in [0.1, 0.15) is 5.75 Å². The third-order valence-corrected chi connectivity index (χ3v) is 6.91. The van der Waals surface area contributed by atoms with Crippen molar-refractivity contribution >= 4 is 31.4 Å². The van der Waals surface area contributed by atoms with Gasteiger partial charge in [0.05, 0.1) is 30.9 Å². The Morgan fingerprint density at radius 3 is 2.21 bits per heavy atom. The molecule has 0 bridgehead atoms. The zero-order valence-corrected chi connectivity index (χ0v) is 18.0. The van der Waals surface area contributed by atoms with Crippen molar-refractivity contribution in [1.29, 1.82) is 0 Å². The summed E-state index contributed by atoms with van der Waals surface area (Å²) in [5.41, 5.74) is 2.60. The Kier molecular flexibility index (Phi) is 5.85. The molecule has 0 aromatic heterocycles. The van der Waals surface area contributed by atoms with Gasteiger partial charge >= 0.3 is 0 Å². The summed E-state index contributed by atoms with van der Waals surface area (Å²) < 4.78 is 56.7. The highest BCUT2D eigenvalue weighted by molar-refractivity contribution is 7.92. The molecular weight excluding hydrogens is 414 g/mol. The van der Waals surface area contributed by atoms with E-state index in [0.717, 1.165) is 21.8 Å². The van der Waals surface area contributed by atoms with E-state index in [1.54, 1.807) is 50.4 Å². The summed E-state index contributed by atoms with van der Waals surface area (Å²) in [6, 6.07) is 13.5. The lowest BCUT2D eigenvalue weighted by Crippen LogP contribution is -2.25. The lowest BCUT2D eigenvalue weighted by Gasteiger charge is -2.21. The van der Waals surface area contributed by atoms with E-state index in [4.69, 9.17) is 4.74 Å². The summed E-state index contributed by atoms with van der Waals surface area (Å²) in [4.78, 5) is 0. The highest BCUT2D eigenvalue weighted by Crippen LogP contribution is 2.35. The van der Waals surface area contributed by atoms with Gasteiger partial charge in [-0.25, -0.2) is 16.8 Å². The average Bonchev–Trinajstić information content (AvgIpc) is 3.14. The third-order valence-electron chi connectivity index (χ3n) is 4.58. The number of hydrogen-bond acceptors (Lipinski definition) is 6. The third kappa shape index (κ3) is 4.88. The summed E-state index contributed by atoms with van der Waals surface area (Å²) in [5.74, 6) is 0.665. The molecule has 29 heavy (non-hydrogen) atoms. The number of methoxy groups -OCH3 is 1. The molecule has 0 radical (unpaired) electrons. The van der Waals surface area contributed by atoms with Crippen molar-refractivity contribution < 1.29 is 21.6 Å². The highest BCUT2D eigenvalue weighted by atomic mass is 32.2. The smallest absolute Gasteiger partial charge is 0.247 e. The fourth-order valence-electron chi connectivity index (χ4n) is 3.03. The van der Waals surface area contributed by atoms with Gasteiger partial charge in [0.15, 0.2) is 0 Å². The van der Waals surface area contributed by atoms with Gasteiger partial charge in [-0.15, -0.1) is 0 Å². The number of hydrogen-bond donors (Lipinski definition) is 1. The summed E-state index contributed by atoms with van der Waals surface area (Å²) >= 11 is 0. The van der Waals surface area contributed by atoms with Gasteiger partial charge < -0.3 is 4.74 Å². The Labute approximate surface area is 171 Å². The maximum atomic E-state index is 12.3. The summed E-state index contributed by atoms with van der Waals surface area (Å²) in [6.45, 7) is 1.56. The van der Waals surface area contributed by atoms with Crippen molar-refractivity contribution in [2.45, 2.75) is 19.4 Å². The van der Waals surface area contributed by atoms with Crippen LogP contribution >= 0.6 is 0 Å². The van der Waals surface area contributed by atoms with Crippen molar-refractivity contribution in [2.24, 2.45) is 5.10 Å². The second-order valence-electron chi connectivity index (χ2n) is 6.66. The van der Waals surface area contributed by atoms with E-state index >= 15 is 0 Å². The minimum Gasteiger partial charge on any atom is -0.497 e. The van der Waals surface area contributed by atoms with Gasteiger partial charge in [-0.2, -0.15) is 9.52 Å². The van der Waals surface area contributed by atoms with Crippen molar-refractivity contribution in [2.75, 3.05) is 23.8 Å². The molecule has 3 rings (SSSR count). The molecule has 0 spiro atoms. The van der Waals surface area contributed by atoms with E-state index < -0.39 is 26.1 Å². The van der Waals surface area contributed by atoms with Crippen LogP contribution in [0.4, 0.5) is 5.69 Å². The molecule has 1 aliphatic heterocycles. The monoisotopic (exact) mass is 437 g/mol. The molecule has 1 atom stereocenters. The standard InChI is InChI=1S/C19H23N3O5S2/c1-4-29(25,26)21-16-9-5-14(6-10-16)18-13-19(22(20-18)28(3,23)24)15-7-11-17(27-2)12-8-15/h5-12,19,21H,4,13H2,1-3H3/t19-/m1/s1. The quantitative estimate of drug-likeness (QED) is 0.717. The van der Waals surface area contributed by atoms with Crippen molar-refractivity contribution in [3.05, 3.63) is 59.7 Å². The normalized spacial score (nSPS) is 17.1. The fraction of sp³-hybridized carbons (Fsp3) is 0.316. The predicted octanol–water partition coefficient (Wildman–Crippen LogP) is 2.57. The first-order chi connectivity index (χ1) is 13.6. The van der Waals surface area contributed by atoms with E-state index in [1.165, 1.54) is 0 Å². The number of benzene rings is 2. The second kappa shape index (κ2) is 8.03. The zero-order valence-electron chi connectivity index (χ0n) is 16.4. The van der Waals surface area contributed by atoms with Gasteiger partial charge in [0.25, 0.3) is 0 Å². The fourth-order valence-corrected chi connectivity index (χ4v) is 4.57. The maximum Gasteiger partial charge on any atom is 0.247 e. The summed E-state index contributed by atoms with van der Waals surface area (Å²) in [5, 5.41) is 4.34. The Morgan fingerprint density at radius 1 is 1.07 bits per heavy atom. The Morgan fingerprint density at radius 2 is 1.69 bits per heavy atom. The van der Waals surface area contributed by atoms with Crippen LogP contribution in [0.2, 0.25) is 0 Å². The van der Waals surface area contributed by atoms with Crippen LogP contribution in [0.25, 0.3) is 0 Å². The molecule has 2 aromatic rings. The zero-order chi connectivity index (χ0) is 21.2. The number of hydrazone groups is 1. The number of anilines is 1. The molecule has 0 saturated carbocycles. The average molecular weight is 438 g/mol. The molecule has 1 N–H and O–H groups in total. The molecule has 1 heterocycles. The number of sulfonamides is 2. The molecular formula is C19H23N3O5S2. The molecule has 0 fully saturated rings.